The van der Waals surface area contributed by atoms with Crippen molar-refractivity contribution in [2.45, 2.75) is 206 Å². The molecule has 0 radical (unpaired) electrons. The highest BCUT2D eigenvalue weighted by atomic mass is 31.2. The topological polar surface area (TPSA) is 149 Å². The molecular weight excluding hydrogens is 719 g/mol. The zero-order valence-electron chi connectivity index (χ0n) is 34.9. The average Bonchev–Trinajstić information content (AvgIpc) is 3.17. The minimum Gasteiger partial charge on any atom is -0.462 e. The summed E-state index contributed by atoms with van der Waals surface area (Å²) >= 11 is 0. The van der Waals surface area contributed by atoms with Crippen LogP contribution in [-0.2, 0) is 32.7 Å². The number of carbonyl (C=O) groups excluding carboxylic acids is 2. The summed E-state index contributed by atoms with van der Waals surface area (Å²) in [6.07, 6.45) is 41.2. The van der Waals surface area contributed by atoms with Crippen molar-refractivity contribution in [1.29, 1.82) is 0 Å². The lowest BCUT2D eigenvalue weighted by Gasteiger charge is -2.20. The molecule has 0 aromatic heterocycles. The van der Waals surface area contributed by atoms with Crippen molar-refractivity contribution < 1.29 is 47.8 Å². The summed E-state index contributed by atoms with van der Waals surface area (Å²) in [5, 5.41) is 18.3. The van der Waals surface area contributed by atoms with Gasteiger partial charge in [-0.1, -0.05) is 153 Å². The van der Waals surface area contributed by atoms with E-state index in [1.165, 1.54) is 109 Å². The van der Waals surface area contributed by atoms with Gasteiger partial charge >= 0.3 is 19.8 Å². The van der Waals surface area contributed by atoms with Gasteiger partial charge in [-0.05, 0) is 64.2 Å². The molecule has 0 saturated heterocycles. The third kappa shape index (κ3) is 40.2. The van der Waals surface area contributed by atoms with Crippen LogP contribution in [0.3, 0.4) is 0 Å². The Balaban J connectivity index is 4.38. The van der Waals surface area contributed by atoms with Crippen LogP contribution in [0.5, 0.6) is 0 Å². The maximum atomic E-state index is 12.6. The molecule has 0 bridgehead atoms. The lowest BCUT2D eigenvalue weighted by molar-refractivity contribution is -0.161. The van der Waals surface area contributed by atoms with Crippen molar-refractivity contribution in [3.63, 3.8) is 0 Å². The molecule has 0 saturated carbocycles. The van der Waals surface area contributed by atoms with Gasteiger partial charge in [-0.15, -0.1) is 0 Å². The second-order valence-electron chi connectivity index (χ2n) is 14.7. The van der Waals surface area contributed by atoms with E-state index in [2.05, 4.69) is 48.8 Å². The molecular formula is C44H81O10P. The van der Waals surface area contributed by atoms with Gasteiger partial charge in [-0.25, -0.2) is 4.57 Å². The second-order valence-corrected chi connectivity index (χ2v) is 16.2. The van der Waals surface area contributed by atoms with Crippen molar-refractivity contribution in [1.82, 2.24) is 0 Å². The Labute approximate surface area is 335 Å². The van der Waals surface area contributed by atoms with Crippen LogP contribution in [0, 0.1) is 0 Å². The van der Waals surface area contributed by atoms with E-state index in [0.29, 0.717) is 19.3 Å². The monoisotopic (exact) mass is 801 g/mol. The maximum absolute atomic E-state index is 12.6. The van der Waals surface area contributed by atoms with Crippen LogP contribution in [0.4, 0.5) is 0 Å². The molecule has 0 rings (SSSR count). The Morgan fingerprint density at radius 2 is 0.964 bits per heavy atom. The quantitative estimate of drug-likeness (QED) is 0.0236. The number of phosphoric ester groups is 1. The second kappa shape index (κ2) is 40.4. The normalized spacial score (nSPS) is 14.2. The van der Waals surface area contributed by atoms with Gasteiger partial charge in [0.25, 0.3) is 0 Å². The summed E-state index contributed by atoms with van der Waals surface area (Å²) in [6.45, 7) is 2.32. The van der Waals surface area contributed by atoms with Crippen LogP contribution in [0.1, 0.15) is 194 Å². The molecule has 55 heavy (non-hydrogen) atoms. The zero-order chi connectivity index (χ0) is 40.5. The molecule has 0 aromatic rings. The molecule has 0 heterocycles. The Hall–Kier alpha value is -1.81. The van der Waals surface area contributed by atoms with E-state index in [1.807, 2.05) is 6.08 Å². The van der Waals surface area contributed by atoms with E-state index in [1.54, 1.807) is 0 Å². The Bertz CT molecular complexity index is 1010. The largest absolute Gasteiger partial charge is 0.472 e. The summed E-state index contributed by atoms with van der Waals surface area (Å²) in [7, 11) is -4.63. The van der Waals surface area contributed by atoms with E-state index < -0.39 is 51.8 Å². The molecule has 10 nitrogen and oxygen atoms in total. The predicted molar refractivity (Wildman–Crippen MR) is 224 cm³/mol. The SMILES string of the molecule is CCCCCCCCCC/C=C/CCCCCC(=O)OC[C@H](COP(=O)(O)OC[C@@H](O)CO)OC(=O)CCC/C=C/C/C=C/CCCCCCCCCCC. The van der Waals surface area contributed by atoms with Gasteiger partial charge in [0.05, 0.1) is 19.8 Å². The maximum Gasteiger partial charge on any atom is 0.472 e. The summed E-state index contributed by atoms with van der Waals surface area (Å²) in [5.74, 6) is -0.994. The molecule has 1 unspecified atom stereocenters. The van der Waals surface area contributed by atoms with Crippen molar-refractivity contribution in [3.8, 4) is 0 Å². The molecule has 0 aliphatic rings. The molecule has 322 valence electrons. The van der Waals surface area contributed by atoms with Gasteiger partial charge < -0.3 is 24.6 Å². The number of allylic oxidation sites excluding steroid dienone is 6. The number of ether oxygens (including phenoxy) is 2. The molecule has 3 N–H and O–H groups in total. The zero-order valence-corrected chi connectivity index (χ0v) is 35.8. The number of carbonyl (C=O) groups is 2. The lowest BCUT2D eigenvalue weighted by atomic mass is 10.1. The molecule has 3 atom stereocenters. The standard InChI is InChI=1S/C44H81O10P/c1-3-5-7-9-11-13-15-17-19-20-22-24-26-28-30-32-34-36-44(48)54-42(40-53-55(49,50)52-38-41(46)37-45)39-51-43(47)35-33-31-29-27-25-23-21-18-16-14-12-10-8-6-4-2/h22-25,28,30,41-42,45-46H,3-21,26-27,29,31-40H2,1-2H3,(H,49,50)/b24-22+,25-23+,30-28+/t41-,42+/m0/s1. The lowest BCUT2D eigenvalue weighted by Crippen LogP contribution is -2.29. The molecule has 0 aliphatic heterocycles. The summed E-state index contributed by atoms with van der Waals surface area (Å²) < 4.78 is 32.6. The van der Waals surface area contributed by atoms with Crippen LogP contribution in [0.2, 0.25) is 0 Å². The summed E-state index contributed by atoms with van der Waals surface area (Å²) in [4.78, 5) is 34.9. The number of esters is 2. The first-order valence-electron chi connectivity index (χ1n) is 21.9. The van der Waals surface area contributed by atoms with E-state index >= 15 is 0 Å². The number of hydrogen-bond acceptors (Lipinski definition) is 9. The fraction of sp³-hybridized carbons (Fsp3) is 0.818. The Kier molecular flexibility index (Phi) is 39.1. The van der Waals surface area contributed by atoms with Crippen molar-refractivity contribution in [3.05, 3.63) is 36.5 Å². The minimum absolute atomic E-state index is 0.118. The number of phosphoric acid groups is 1. The average molecular weight is 801 g/mol. The number of rotatable bonds is 41. The summed E-state index contributed by atoms with van der Waals surface area (Å²) in [5.41, 5.74) is 0. The van der Waals surface area contributed by atoms with E-state index in [0.717, 1.165) is 38.5 Å². The van der Waals surface area contributed by atoms with Crippen LogP contribution in [0.15, 0.2) is 36.5 Å². The Morgan fingerprint density at radius 3 is 1.47 bits per heavy atom. The van der Waals surface area contributed by atoms with Crippen LogP contribution < -0.4 is 0 Å². The molecule has 0 aromatic carbocycles. The fourth-order valence-electron chi connectivity index (χ4n) is 5.85. The van der Waals surface area contributed by atoms with Gasteiger partial charge in [0, 0.05) is 12.8 Å². The van der Waals surface area contributed by atoms with Gasteiger partial charge in [-0.3, -0.25) is 18.6 Å². The predicted octanol–water partition coefficient (Wildman–Crippen LogP) is 11.6. The highest BCUT2D eigenvalue weighted by Crippen LogP contribution is 2.43. The number of aliphatic hydroxyl groups excluding tert-OH is 2. The highest BCUT2D eigenvalue weighted by molar-refractivity contribution is 7.47. The minimum atomic E-state index is -4.63. The van der Waals surface area contributed by atoms with Crippen LogP contribution in [0.25, 0.3) is 0 Å². The molecule has 0 amide bonds. The van der Waals surface area contributed by atoms with E-state index in [-0.39, 0.29) is 19.4 Å². The number of unbranched alkanes of at least 4 members (excludes halogenated alkanes) is 21. The molecule has 0 spiro atoms. The van der Waals surface area contributed by atoms with Crippen molar-refractivity contribution in [2.75, 3.05) is 26.4 Å². The van der Waals surface area contributed by atoms with Gasteiger partial charge in [-0.2, -0.15) is 0 Å². The molecule has 0 fully saturated rings. The van der Waals surface area contributed by atoms with Gasteiger partial charge in [0.1, 0.15) is 12.7 Å². The van der Waals surface area contributed by atoms with Gasteiger partial charge in [0.2, 0.25) is 0 Å². The van der Waals surface area contributed by atoms with E-state index in [4.69, 9.17) is 19.1 Å². The number of aliphatic hydroxyl groups is 2. The van der Waals surface area contributed by atoms with Crippen LogP contribution >= 0.6 is 7.82 Å². The third-order valence-electron chi connectivity index (χ3n) is 9.27. The summed E-state index contributed by atoms with van der Waals surface area (Å²) in [6, 6.07) is 0. The van der Waals surface area contributed by atoms with Crippen LogP contribution in [-0.4, -0.2) is 65.7 Å². The third-order valence-corrected chi connectivity index (χ3v) is 10.2. The van der Waals surface area contributed by atoms with Crippen molar-refractivity contribution in [2.24, 2.45) is 0 Å². The first-order valence-corrected chi connectivity index (χ1v) is 23.4. The first kappa shape index (κ1) is 53.2. The fourth-order valence-corrected chi connectivity index (χ4v) is 6.64. The first-order chi connectivity index (χ1) is 26.7. The van der Waals surface area contributed by atoms with E-state index in [9.17, 15) is 24.2 Å². The van der Waals surface area contributed by atoms with Crippen molar-refractivity contribution >= 4 is 19.8 Å². The number of hydrogen-bond donors (Lipinski definition) is 3. The Morgan fingerprint density at radius 1 is 0.545 bits per heavy atom. The molecule has 0 aliphatic carbocycles. The van der Waals surface area contributed by atoms with Gasteiger partial charge in [0.15, 0.2) is 6.10 Å². The highest BCUT2D eigenvalue weighted by Gasteiger charge is 2.27. The molecule has 11 heteroatoms. The smallest absolute Gasteiger partial charge is 0.462 e.